The molecule has 0 saturated carbocycles. The third-order valence-electron chi connectivity index (χ3n) is 16.0. The first-order valence-electron chi connectivity index (χ1n) is 34.1. The number of esters is 1. The highest BCUT2D eigenvalue weighted by Crippen LogP contribution is 2.18. The molecule has 0 rings (SSSR count). The fourth-order valence-electron chi connectivity index (χ4n) is 10.8. The van der Waals surface area contributed by atoms with Crippen LogP contribution in [0.4, 0.5) is 0 Å². The van der Waals surface area contributed by atoms with Crippen LogP contribution < -0.4 is 5.32 Å². The summed E-state index contributed by atoms with van der Waals surface area (Å²) in [5.74, 6) is -0.0202. The predicted octanol–water partition coefficient (Wildman–Crippen LogP) is 21.8. The third-order valence-corrected chi connectivity index (χ3v) is 16.0. The molecule has 0 fully saturated rings. The molecule has 2 atom stereocenters. The van der Waals surface area contributed by atoms with Gasteiger partial charge in [0.25, 0.3) is 0 Å². The van der Waals surface area contributed by atoms with Gasteiger partial charge in [-0.05, 0) is 57.8 Å². The number of rotatable bonds is 64. The molecular formula is C69H133NO5. The number of amides is 1. The number of aliphatic hydroxyl groups is 2. The van der Waals surface area contributed by atoms with E-state index >= 15 is 0 Å². The van der Waals surface area contributed by atoms with E-state index in [1.54, 1.807) is 0 Å². The van der Waals surface area contributed by atoms with Crippen LogP contribution >= 0.6 is 0 Å². The molecule has 0 aromatic carbocycles. The van der Waals surface area contributed by atoms with Gasteiger partial charge in [0.15, 0.2) is 0 Å². The zero-order chi connectivity index (χ0) is 54.3. The standard InChI is InChI=1S/C69H133NO5/c1-3-5-7-9-11-13-15-16-17-18-32-35-38-42-45-49-53-57-61-67(72)66(65-71)70-68(73)62-58-54-50-46-43-39-36-33-30-28-26-24-22-20-19-21-23-25-27-29-31-34-37-40-44-48-52-56-60-64-75-69(74)63-59-55-51-47-41-14-12-10-8-6-4-2/h19,21,25,27,66-67,71-72H,3-18,20,22-24,26,28-65H2,1-2H3,(H,70,73)/b21-19-,27-25-. The Bertz CT molecular complexity index is 1170. The lowest BCUT2D eigenvalue weighted by Crippen LogP contribution is -2.45. The van der Waals surface area contributed by atoms with Gasteiger partial charge in [0.1, 0.15) is 0 Å². The van der Waals surface area contributed by atoms with Crippen molar-refractivity contribution in [1.82, 2.24) is 5.32 Å². The Morgan fingerprint density at radius 1 is 0.373 bits per heavy atom. The molecule has 0 aliphatic rings. The van der Waals surface area contributed by atoms with Gasteiger partial charge in [-0.2, -0.15) is 0 Å². The fourth-order valence-corrected chi connectivity index (χ4v) is 10.8. The average molecular weight is 1060 g/mol. The minimum absolute atomic E-state index is 0.0122. The SMILES string of the molecule is CCCCCCCCCCCCCCCCCCCCC(O)C(CO)NC(=O)CCCCCCCCCCCCCCC/C=C\C/C=C\CCCCCCCCCCCOC(=O)CCCCCCCCCCCCC. The largest absolute Gasteiger partial charge is 0.466 e. The lowest BCUT2D eigenvalue weighted by molar-refractivity contribution is -0.143. The molecule has 6 heteroatoms. The van der Waals surface area contributed by atoms with Crippen molar-refractivity contribution in [2.24, 2.45) is 0 Å². The summed E-state index contributed by atoms with van der Waals surface area (Å²) in [6, 6.07) is -0.542. The normalized spacial score (nSPS) is 12.6. The van der Waals surface area contributed by atoms with Crippen molar-refractivity contribution in [2.45, 2.75) is 392 Å². The van der Waals surface area contributed by atoms with E-state index in [9.17, 15) is 19.8 Å². The summed E-state index contributed by atoms with van der Waals surface area (Å²) >= 11 is 0. The topological polar surface area (TPSA) is 95.9 Å². The summed E-state index contributed by atoms with van der Waals surface area (Å²) in [6.45, 7) is 4.98. The van der Waals surface area contributed by atoms with Crippen LogP contribution in [0.5, 0.6) is 0 Å². The van der Waals surface area contributed by atoms with Crippen LogP contribution in [0.3, 0.4) is 0 Å². The molecule has 0 radical (unpaired) electrons. The number of allylic oxidation sites excluding steroid dienone is 4. The first-order valence-corrected chi connectivity index (χ1v) is 34.1. The summed E-state index contributed by atoms with van der Waals surface area (Å²) in [6.07, 6.45) is 80.7. The third kappa shape index (κ3) is 61.4. The lowest BCUT2D eigenvalue weighted by atomic mass is 10.0. The van der Waals surface area contributed by atoms with Gasteiger partial charge >= 0.3 is 5.97 Å². The number of unbranched alkanes of at least 4 members (excludes halogenated alkanes) is 49. The van der Waals surface area contributed by atoms with Gasteiger partial charge in [-0.3, -0.25) is 9.59 Å². The minimum Gasteiger partial charge on any atom is -0.466 e. The fraction of sp³-hybridized carbons (Fsp3) is 0.913. The van der Waals surface area contributed by atoms with E-state index in [2.05, 4.69) is 43.5 Å². The van der Waals surface area contributed by atoms with Crippen molar-refractivity contribution in [1.29, 1.82) is 0 Å². The van der Waals surface area contributed by atoms with E-state index in [-0.39, 0.29) is 18.5 Å². The highest BCUT2D eigenvalue weighted by atomic mass is 16.5. The Balaban J connectivity index is 3.40. The van der Waals surface area contributed by atoms with Crippen LogP contribution in [-0.2, 0) is 14.3 Å². The van der Waals surface area contributed by atoms with E-state index in [4.69, 9.17) is 4.74 Å². The molecule has 0 aliphatic carbocycles. The molecule has 2 unspecified atom stereocenters. The average Bonchev–Trinajstić information content (AvgIpc) is 3.41. The molecule has 0 aromatic rings. The monoisotopic (exact) mass is 1060 g/mol. The van der Waals surface area contributed by atoms with Crippen molar-refractivity contribution in [3.05, 3.63) is 24.3 Å². The van der Waals surface area contributed by atoms with Gasteiger partial charge in [0, 0.05) is 12.8 Å². The number of ether oxygens (including phenoxy) is 1. The van der Waals surface area contributed by atoms with E-state index < -0.39 is 12.1 Å². The summed E-state index contributed by atoms with van der Waals surface area (Å²) in [4.78, 5) is 24.5. The van der Waals surface area contributed by atoms with Crippen LogP contribution in [0.15, 0.2) is 24.3 Å². The summed E-state index contributed by atoms with van der Waals surface area (Å²) in [5.41, 5.74) is 0. The van der Waals surface area contributed by atoms with Crippen molar-refractivity contribution in [3.63, 3.8) is 0 Å². The number of carbonyl (C=O) groups is 2. The Labute approximate surface area is 469 Å². The minimum atomic E-state index is -0.665. The number of hydrogen-bond acceptors (Lipinski definition) is 5. The maximum absolute atomic E-state index is 12.5. The molecule has 0 bridgehead atoms. The number of hydrogen-bond donors (Lipinski definition) is 3. The molecule has 0 aliphatic heterocycles. The Kier molecular flexibility index (Phi) is 63.4. The van der Waals surface area contributed by atoms with Gasteiger partial charge in [0.05, 0.1) is 25.4 Å². The highest BCUT2D eigenvalue weighted by molar-refractivity contribution is 5.76. The molecule has 6 nitrogen and oxygen atoms in total. The molecule has 0 heterocycles. The number of nitrogens with one attached hydrogen (secondary N) is 1. The summed E-state index contributed by atoms with van der Waals surface area (Å²) in [5, 5.41) is 23.4. The Morgan fingerprint density at radius 3 is 1.01 bits per heavy atom. The maximum Gasteiger partial charge on any atom is 0.305 e. The second-order valence-electron chi connectivity index (χ2n) is 23.5. The van der Waals surface area contributed by atoms with Gasteiger partial charge in [-0.25, -0.2) is 0 Å². The van der Waals surface area contributed by atoms with Crippen LogP contribution in [-0.4, -0.2) is 47.4 Å². The van der Waals surface area contributed by atoms with Crippen molar-refractivity contribution in [2.75, 3.05) is 13.2 Å². The lowest BCUT2D eigenvalue weighted by Gasteiger charge is -2.22. The van der Waals surface area contributed by atoms with Gasteiger partial charge in [-0.15, -0.1) is 0 Å². The molecular weight excluding hydrogens is 923 g/mol. The second kappa shape index (κ2) is 64.9. The van der Waals surface area contributed by atoms with E-state index in [1.165, 1.54) is 302 Å². The molecule has 0 saturated heterocycles. The zero-order valence-electron chi connectivity index (χ0n) is 50.8. The van der Waals surface area contributed by atoms with Gasteiger partial charge in [0.2, 0.25) is 5.91 Å². The smallest absolute Gasteiger partial charge is 0.305 e. The molecule has 444 valence electrons. The molecule has 1 amide bonds. The van der Waals surface area contributed by atoms with E-state index in [0.29, 0.717) is 25.9 Å². The first-order chi connectivity index (χ1) is 37.0. The molecule has 0 spiro atoms. The van der Waals surface area contributed by atoms with Gasteiger partial charge < -0.3 is 20.3 Å². The van der Waals surface area contributed by atoms with Crippen molar-refractivity contribution in [3.8, 4) is 0 Å². The first kappa shape index (κ1) is 73.3. The Hall–Kier alpha value is -1.66. The van der Waals surface area contributed by atoms with E-state index in [0.717, 1.165) is 44.9 Å². The predicted molar refractivity (Wildman–Crippen MR) is 329 cm³/mol. The van der Waals surface area contributed by atoms with Crippen LogP contribution in [0, 0.1) is 0 Å². The molecule has 0 aromatic heterocycles. The summed E-state index contributed by atoms with van der Waals surface area (Å²) < 4.78 is 5.47. The number of aliphatic hydroxyl groups excluding tert-OH is 2. The molecule has 3 N–H and O–H groups in total. The van der Waals surface area contributed by atoms with Crippen LogP contribution in [0.25, 0.3) is 0 Å². The number of carbonyl (C=O) groups excluding carboxylic acids is 2. The second-order valence-corrected chi connectivity index (χ2v) is 23.5. The van der Waals surface area contributed by atoms with Crippen LogP contribution in [0.2, 0.25) is 0 Å². The van der Waals surface area contributed by atoms with Crippen LogP contribution in [0.1, 0.15) is 380 Å². The zero-order valence-corrected chi connectivity index (χ0v) is 50.8. The van der Waals surface area contributed by atoms with Gasteiger partial charge in [-0.1, -0.05) is 334 Å². The molecule has 75 heavy (non-hydrogen) atoms. The quantitative estimate of drug-likeness (QED) is 0.0320. The maximum atomic E-state index is 12.5. The van der Waals surface area contributed by atoms with Crippen molar-refractivity contribution >= 4 is 11.9 Å². The highest BCUT2D eigenvalue weighted by Gasteiger charge is 2.20. The van der Waals surface area contributed by atoms with E-state index in [1.807, 2.05) is 0 Å². The summed E-state index contributed by atoms with van der Waals surface area (Å²) in [7, 11) is 0. The van der Waals surface area contributed by atoms with Crippen molar-refractivity contribution < 1.29 is 24.5 Å². The Morgan fingerprint density at radius 2 is 0.667 bits per heavy atom.